The van der Waals surface area contributed by atoms with Gasteiger partial charge in [0, 0.05) is 17.7 Å². The number of hydrogen-bond acceptors (Lipinski definition) is 6. The Morgan fingerprint density at radius 2 is 1.79 bits per heavy atom. The van der Waals surface area contributed by atoms with Gasteiger partial charge in [0.05, 0.1) is 6.20 Å². The summed E-state index contributed by atoms with van der Waals surface area (Å²) in [5.74, 6) is -1.48. The first-order valence-electron chi connectivity index (χ1n) is 8.03. The molecule has 1 amide bonds. The molecule has 0 atom stereocenters. The molecule has 0 bridgehead atoms. The SMILES string of the molecule is O=C(NO)c1ccc(CNS(=O)(=O)Cn2cc(-c3ccc(F)cc3)nn2)cc1. The number of hydrogen-bond donors (Lipinski definition) is 3. The van der Waals surface area contributed by atoms with Crippen LogP contribution in [0.15, 0.2) is 54.7 Å². The van der Waals surface area contributed by atoms with Crippen molar-refractivity contribution in [3.05, 3.63) is 71.7 Å². The number of aromatic nitrogens is 3. The van der Waals surface area contributed by atoms with Crippen LogP contribution < -0.4 is 10.2 Å². The number of nitrogens with zero attached hydrogens (tertiary/aromatic N) is 3. The van der Waals surface area contributed by atoms with Crippen LogP contribution in [0.5, 0.6) is 0 Å². The van der Waals surface area contributed by atoms with Crippen LogP contribution in [0.1, 0.15) is 15.9 Å². The average Bonchev–Trinajstić information content (AvgIpc) is 3.14. The monoisotopic (exact) mass is 405 g/mol. The molecule has 0 fully saturated rings. The van der Waals surface area contributed by atoms with Crippen molar-refractivity contribution in [2.45, 2.75) is 12.4 Å². The molecule has 28 heavy (non-hydrogen) atoms. The lowest BCUT2D eigenvalue weighted by Gasteiger charge is -2.07. The van der Waals surface area contributed by atoms with Crippen LogP contribution >= 0.6 is 0 Å². The van der Waals surface area contributed by atoms with Crippen LogP contribution in [-0.2, 0) is 22.4 Å². The highest BCUT2D eigenvalue weighted by atomic mass is 32.2. The largest absolute Gasteiger partial charge is 0.288 e. The van der Waals surface area contributed by atoms with E-state index in [-0.39, 0.29) is 17.9 Å². The zero-order chi connectivity index (χ0) is 20.1. The van der Waals surface area contributed by atoms with E-state index in [0.29, 0.717) is 16.8 Å². The minimum absolute atomic E-state index is 0.0167. The predicted octanol–water partition coefficient (Wildman–Crippen LogP) is 1.28. The van der Waals surface area contributed by atoms with E-state index in [1.165, 1.54) is 48.1 Å². The summed E-state index contributed by atoms with van der Waals surface area (Å²) < 4.78 is 41.0. The Balaban J connectivity index is 1.61. The number of amides is 1. The first kappa shape index (κ1) is 19.6. The van der Waals surface area contributed by atoms with Gasteiger partial charge in [-0.2, -0.15) is 0 Å². The minimum atomic E-state index is -3.71. The average molecular weight is 405 g/mol. The van der Waals surface area contributed by atoms with Crippen molar-refractivity contribution < 1.29 is 22.8 Å². The van der Waals surface area contributed by atoms with Gasteiger partial charge in [-0.1, -0.05) is 17.3 Å². The molecule has 1 heterocycles. The van der Waals surface area contributed by atoms with Crippen molar-refractivity contribution in [3.63, 3.8) is 0 Å². The number of sulfonamides is 1. The summed E-state index contributed by atoms with van der Waals surface area (Å²) in [6.45, 7) is 0.0167. The number of carbonyl (C=O) groups excluding carboxylic acids is 1. The van der Waals surface area contributed by atoms with Gasteiger partial charge in [-0.05, 0) is 42.0 Å². The van der Waals surface area contributed by atoms with Gasteiger partial charge in [0.2, 0.25) is 10.0 Å². The topological polar surface area (TPSA) is 126 Å². The fraction of sp³-hybridized carbons (Fsp3) is 0.118. The van der Waals surface area contributed by atoms with Crippen LogP contribution in [-0.4, -0.2) is 34.5 Å². The maximum absolute atomic E-state index is 13.0. The fourth-order valence-electron chi connectivity index (χ4n) is 2.37. The standard InChI is InChI=1S/C17H16FN5O4S/c18-15-7-5-13(6-8-15)16-10-23(22-20-16)11-28(26,27)19-9-12-1-3-14(4-2-12)17(24)21-25/h1-8,10,19,25H,9,11H2,(H,21,24). The Kier molecular flexibility index (Phi) is 5.78. The van der Waals surface area contributed by atoms with E-state index < -0.39 is 21.8 Å². The molecule has 0 aliphatic heterocycles. The second-order valence-electron chi connectivity index (χ2n) is 5.85. The molecular weight excluding hydrogens is 389 g/mol. The number of nitrogens with one attached hydrogen (secondary N) is 2. The third-order valence-corrected chi connectivity index (χ3v) is 4.98. The number of rotatable bonds is 7. The summed E-state index contributed by atoms with van der Waals surface area (Å²) in [7, 11) is -3.71. The highest BCUT2D eigenvalue weighted by molar-refractivity contribution is 7.88. The lowest BCUT2D eigenvalue weighted by molar-refractivity contribution is 0.0706. The molecule has 0 aliphatic rings. The molecule has 3 N–H and O–H groups in total. The molecule has 0 spiro atoms. The van der Waals surface area contributed by atoms with Gasteiger partial charge < -0.3 is 0 Å². The summed E-state index contributed by atoms with van der Waals surface area (Å²) in [6.07, 6.45) is 1.45. The molecule has 3 rings (SSSR count). The van der Waals surface area contributed by atoms with Gasteiger partial charge in [-0.3, -0.25) is 10.0 Å². The van der Waals surface area contributed by atoms with Gasteiger partial charge in [-0.25, -0.2) is 27.7 Å². The van der Waals surface area contributed by atoms with Crippen molar-refractivity contribution in [2.75, 3.05) is 0 Å². The van der Waals surface area contributed by atoms with Crippen LogP contribution in [0.2, 0.25) is 0 Å². The molecule has 0 unspecified atom stereocenters. The van der Waals surface area contributed by atoms with E-state index in [1.807, 2.05) is 0 Å². The Morgan fingerprint density at radius 1 is 1.11 bits per heavy atom. The maximum atomic E-state index is 13.0. The lowest BCUT2D eigenvalue weighted by Crippen LogP contribution is -2.27. The van der Waals surface area contributed by atoms with Gasteiger partial charge in [-0.15, -0.1) is 5.10 Å². The lowest BCUT2D eigenvalue weighted by atomic mass is 10.1. The molecule has 0 saturated carbocycles. The first-order valence-corrected chi connectivity index (χ1v) is 9.68. The van der Waals surface area contributed by atoms with E-state index in [9.17, 15) is 17.6 Å². The van der Waals surface area contributed by atoms with Crippen LogP contribution in [0, 0.1) is 5.82 Å². The summed E-state index contributed by atoms with van der Waals surface area (Å²) >= 11 is 0. The second kappa shape index (κ2) is 8.25. The van der Waals surface area contributed by atoms with Gasteiger partial charge in [0.15, 0.2) is 5.88 Å². The molecule has 0 radical (unpaired) electrons. The third kappa shape index (κ3) is 4.97. The van der Waals surface area contributed by atoms with Crippen molar-refractivity contribution in [3.8, 4) is 11.3 Å². The third-order valence-electron chi connectivity index (χ3n) is 3.79. The van der Waals surface area contributed by atoms with Gasteiger partial charge >= 0.3 is 0 Å². The van der Waals surface area contributed by atoms with Crippen molar-refractivity contribution >= 4 is 15.9 Å². The fourth-order valence-corrected chi connectivity index (χ4v) is 3.32. The van der Waals surface area contributed by atoms with Gasteiger partial charge in [0.1, 0.15) is 11.5 Å². The second-order valence-corrected chi connectivity index (χ2v) is 7.63. The highest BCUT2D eigenvalue weighted by Gasteiger charge is 2.14. The molecule has 3 aromatic rings. The van der Waals surface area contributed by atoms with Gasteiger partial charge in [0.25, 0.3) is 5.91 Å². The maximum Gasteiger partial charge on any atom is 0.274 e. The molecule has 11 heteroatoms. The quantitative estimate of drug-likeness (QED) is 0.402. The summed E-state index contributed by atoms with van der Waals surface area (Å²) in [5, 5.41) is 16.2. The Hall–Kier alpha value is -3.15. The summed E-state index contributed by atoms with van der Waals surface area (Å²) in [4.78, 5) is 11.3. The number of carbonyl (C=O) groups is 1. The molecule has 146 valence electrons. The summed E-state index contributed by atoms with van der Waals surface area (Å²) in [6, 6.07) is 11.7. The van der Waals surface area contributed by atoms with E-state index in [0.717, 1.165) is 4.68 Å². The summed E-state index contributed by atoms with van der Waals surface area (Å²) in [5.41, 5.74) is 3.43. The molecule has 0 aliphatic carbocycles. The highest BCUT2D eigenvalue weighted by Crippen LogP contribution is 2.16. The molecule has 0 saturated heterocycles. The normalized spacial score (nSPS) is 11.4. The Morgan fingerprint density at radius 3 is 2.43 bits per heavy atom. The Labute approximate surface area is 159 Å². The smallest absolute Gasteiger partial charge is 0.274 e. The van der Waals surface area contributed by atoms with E-state index >= 15 is 0 Å². The van der Waals surface area contributed by atoms with E-state index in [4.69, 9.17) is 5.21 Å². The van der Waals surface area contributed by atoms with Crippen LogP contribution in [0.3, 0.4) is 0 Å². The zero-order valence-corrected chi connectivity index (χ0v) is 15.2. The zero-order valence-electron chi connectivity index (χ0n) is 14.4. The predicted molar refractivity (Wildman–Crippen MR) is 96.9 cm³/mol. The van der Waals surface area contributed by atoms with Crippen LogP contribution in [0.4, 0.5) is 4.39 Å². The number of benzene rings is 2. The van der Waals surface area contributed by atoms with E-state index in [2.05, 4.69) is 15.0 Å². The molecular formula is C17H16FN5O4S. The first-order chi connectivity index (χ1) is 13.4. The van der Waals surface area contributed by atoms with Crippen molar-refractivity contribution in [1.82, 2.24) is 25.2 Å². The molecule has 1 aromatic heterocycles. The minimum Gasteiger partial charge on any atom is -0.288 e. The van der Waals surface area contributed by atoms with Crippen molar-refractivity contribution in [1.29, 1.82) is 0 Å². The van der Waals surface area contributed by atoms with Crippen molar-refractivity contribution in [2.24, 2.45) is 0 Å². The number of hydroxylamine groups is 1. The number of halogens is 1. The molecule has 9 nitrogen and oxygen atoms in total. The van der Waals surface area contributed by atoms with Crippen LogP contribution in [0.25, 0.3) is 11.3 Å². The van der Waals surface area contributed by atoms with E-state index in [1.54, 1.807) is 12.1 Å². The molecule has 2 aromatic carbocycles. The Bertz CT molecular complexity index is 1070.